The lowest BCUT2D eigenvalue weighted by molar-refractivity contribution is 0.340. The monoisotopic (exact) mass is 449 g/mol. The maximum atomic E-state index is 5.66. The fourth-order valence-corrected chi connectivity index (χ4v) is 3.25. The Labute approximate surface area is 178 Å². The second kappa shape index (κ2) is 8.49. The van der Waals surface area contributed by atoms with Gasteiger partial charge >= 0.3 is 0 Å². The largest absolute Gasteiger partial charge is 0.497 e. The average Bonchev–Trinajstić information content (AvgIpc) is 2.94. The van der Waals surface area contributed by atoms with E-state index in [1.807, 2.05) is 73.7 Å². The first-order valence-corrected chi connectivity index (χ1v) is 10.1. The second-order valence-corrected chi connectivity index (χ2v) is 7.28. The van der Waals surface area contributed by atoms with E-state index in [-0.39, 0.29) is 0 Å². The first kappa shape index (κ1) is 19.2. The van der Waals surface area contributed by atoms with E-state index in [2.05, 4.69) is 21.2 Å². The minimum Gasteiger partial charge on any atom is -0.497 e. The third kappa shape index (κ3) is 4.32. The predicted molar refractivity (Wildman–Crippen MR) is 121 cm³/mol. The van der Waals surface area contributed by atoms with Crippen molar-refractivity contribution < 1.29 is 9.47 Å². The number of hydrogen-bond donors (Lipinski definition) is 1. The molecule has 29 heavy (non-hydrogen) atoms. The van der Waals surface area contributed by atoms with E-state index < -0.39 is 0 Å². The van der Waals surface area contributed by atoms with Crippen molar-refractivity contribution in [2.75, 3.05) is 19.0 Å². The summed E-state index contributed by atoms with van der Waals surface area (Å²) in [7, 11) is 1.65. The summed E-state index contributed by atoms with van der Waals surface area (Å²) in [5, 5.41) is 3.43. The molecule has 0 aromatic heterocycles. The number of ether oxygens (including phenoxy) is 2. The molecule has 1 heterocycles. The van der Waals surface area contributed by atoms with Crippen molar-refractivity contribution in [3.8, 4) is 11.5 Å². The van der Waals surface area contributed by atoms with Crippen LogP contribution in [0.2, 0.25) is 0 Å². The molecule has 0 atom stereocenters. The molecule has 6 heteroatoms. The summed E-state index contributed by atoms with van der Waals surface area (Å²) in [5.74, 6) is 2.93. The lowest BCUT2D eigenvalue weighted by atomic mass is 10.1. The van der Waals surface area contributed by atoms with Crippen LogP contribution in [0.1, 0.15) is 18.1 Å². The summed E-state index contributed by atoms with van der Waals surface area (Å²) in [6.07, 6.45) is 0. The molecule has 4 rings (SSSR count). The van der Waals surface area contributed by atoms with Crippen LogP contribution in [0.15, 0.2) is 81.2 Å². The Hall–Kier alpha value is -3.12. The highest BCUT2D eigenvalue weighted by atomic mass is 79.9. The van der Waals surface area contributed by atoms with Crippen LogP contribution in [0.25, 0.3) is 0 Å². The summed E-state index contributed by atoms with van der Waals surface area (Å²) in [4.78, 5) is 9.67. The normalized spacial score (nSPS) is 12.8. The van der Waals surface area contributed by atoms with E-state index in [1.54, 1.807) is 7.11 Å². The number of halogens is 1. The van der Waals surface area contributed by atoms with Crippen LogP contribution in [0, 0.1) is 0 Å². The summed E-state index contributed by atoms with van der Waals surface area (Å²) in [5.41, 5.74) is 3.52. The van der Waals surface area contributed by atoms with Crippen molar-refractivity contribution in [3.63, 3.8) is 0 Å². The lowest BCUT2D eigenvalue weighted by Gasteiger charge is -2.12. The Bertz CT molecular complexity index is 1070. The standard InChI is InChI=1S/C23H20BrN3O2/c1-3-29-19-12-13-20-21(14-19)26-23(16-6-10-18(28-2)11-7-16)27-22(25-20)15-4-8-17(24)9-5-15/h4-14H,3H2,1-2H3,(H,25,26,27). The molecule has 1 aliphatic rings. The smallest absolute Gasteiger partial charge is 0.162 e. The van der Waals surface area contributed by atoms with E-state index >= 15 is 0 Å². The molecule has 1 N–H and O–H groups in total. The predicted octanol–water partition coefficient (Wildman–Crippen LogP) is 5.81. The van der Waals surface area contributed by atoms with Crippen LogP contribution < -0.4 is 14.8 Å². The molecule has 3 aromatic carbocycles. The maximum absolute atomic E-state index is 5.66. The number of nitrogens with one attached hydrogen (secondary N) is 1. The summed E-state index contributed by atoms with van der Waals surface area (Å²) < 4.78 is 11.9. The Morgan fingerprint density at radius 2 is 1.55 bits per heavy atom. The Balaban J connectivity index is 1.82. The molecule has 3 aromatic rings. The third-order valence-electron chi connectivity index (χ3n) is 4.44. The van der Waals surface area contributed by atoms with Crippen LogP contribution in [0.4, 0.5) is 11.4 Å². The van der Waals surface area contributed by atoms with Crippen LogP contribution in [0.3, 0.4) is 0 Å². The van der Waals surface area contributed by atoms with Gasteiger partial charge in [0.15, 0.2) is 5.84 Å². The van der Waals surface area contributed by atoms with Gasteiger partial charge in [-0.2, -0.15) is 0 Å². The van der Waals surface area contributed by atoms with Crippen LogP contribution in [-0.2, 0) is 0 Å². The molecular weight excluding hydrogens is 430 g/mol. The summed E-state index contributed by atoms with van der Waals surface area (Å²) in [6.45, 7) is 2.57. The Morgan fingerprint density at radius 1 is 0.862 bits per heavy atom. The van der Waals surface area contributed by atoms with Gasteiger partial charge in [-0.1, -0.05) is 28.1 Å². The fourth-order valence-electron chi connectivity index (χ4n) is 2.98. The molecule has 0 saturated heterocycles. The van der Waals surface area contributed by atoms with E-state index in [0.717, 1.165) is 38.5 Å². The fraction of sp³-hybridized carbons (Fsp3) is 0.130. The van der Waals surface area contributed by atoms with Crippen LogP contribution >= 0.6 is 15.9 Å². The first-order chi connectivity index (χ1) is 14.2. The van der Waals surface area contributed by atoms with E-state index in [1.165, 1.54) is 0 Å². The zero-order valence-corrected chi connectivity index (χ0v) is 17.7. The Kier molecular flexibility index (Phi) is 5.62. The van der Waals surface area contributed by atoms with Crippen molar-refractivity contribution in [2.24, 2.45) is 9.98 Å². The Morgan fingerprint density at radius 3 is 2.24 bits per heavy atom. The molecule has 0 fully saturated rings. The van der Waals surface area contributed by atoms with Gasteiger partial charge in [0.25, 0.3) is 0 Å². The highest BCUT2D eigenvalue weighted by molar-refractivity contribution is 9.10. The molecule has 1 aliphatic heterocycles. The van der Waals surface area contributed by atoms with Crippen molar-refractivity contribution in [1.29, 1.82) is 0 Å². The van der Waals surface area contributed by atoms with Gasteiger partial charge in [-0.3, -0.25) is 0 Å². The number of benzene rings is 3. The molecule has 0 radical (unpaired) electrons. The minimum atomic E-state index is 0.603. The van der Waals surface area contributed by atoms with Gasteiger partial charge in [-0.05, 0) is 55.5 Å². The van der Waals surface area contributed by atoms with Gasteiger partial charge in [-0.25, -0.2) is 9.98 Å². The van der Waals surface area contributed by atoms with Gasteiger partial charge in [0.1, 0.15) is 17.3 Å². The number of hydrogen-bond acceptors (Lipinski definition) is 5. The number of anilines is 1. The van der Waals surface area contributed by atoms with Crippen molar-refractivity contribution in [1.82, 2.24) is 0 Å². The summed E-state index contributed by atoms with van der Waals surface area (Å²) in [6, 6.07) is 21.6. The number of amidine groups is 2. The van der Waals surface area contributed by atoms with E-state index in [4.69, 9.17) is 19.5 Å². The number of fused-ring (bicyclic) bond motifs is 1. The van der Waals surface area contributed by atoms with Gasteiger partial charge in [-0.15, -0.1) is 0 Å². The zero-order valence-electron chi connectivity index (χ0n) is 16.1. The van der Waals surface area contributed by atoms with Gasteiger partial charge in [0.2, 0.25) is 0 Å². The minimum absolute atomic E-state index is 0.603. The van der Waals surface area contributed by atoms with Crippen molar-refractivity contribution in [3.05, 3.63) is 82.3 Å². The molecule has 0 unspecified atom stereocenters. The molecule has 0 amide bonds. The first-order valence-electron chi connectivity index (χ1n) is 9.28. The number of aliphatic imine (C=N–C) groups is 2. The summed E-state index contributed by atoms with van der Waals surface area (Å²) >= 11 is 3.48. The quantitative estimate of drug-likeness (QED) is 0.534. The molecular formula is C23H20BrN3O2. The number of rotatable bonds is 5. The molecule has 146 valence electrons. The van der Waals surface area contributed by atoms with Gasteiger partial charge < -0.3 is 14.8 Å². The van der Waals surface area contributed by atoms with Gasteiger partial charge in [0.05, 0.1) is 25.1 Å². The van der Waals surface area contributed by atoms with Crippen molar-refractivity contribution in [2.45, 2.75) is 6.92 Å². The molecule has 0 saturated carbocycles. The van der Waals surface area contributed by atoms with Gasteiger partial charge in [0, 0.05) is 21.7 Å². The van der Waals surface area contributed by atoms with Crippen molar-refractivity contribution >= 4 is 39.0 Å². The van der Waals surface area contributed by atoms with E-state index in [0.29, 0.717) is 18.3 Å². The number of methoxy groups -OCH3 is 1. The maximum Gasteiger partial charge on any atom is 0.162 e. The van der Waals surface area contributed by atoms with Crippen LogP contribution in [-0.4, -0.2) is 25.4 Å². The zero-order chi connectivity index (χ0) is 20.2. The number of nitrogens with zero attached hydrogens (tertiary/aromatic N) is 2. The lowest BCUT2D eigenvalue weighted by Crippen LogP contribution is -2.15. The molecule has 0 bridgehead atoms. The second-order valence-electron chi connectivity index (χ2n) is 6.37. The van der Waals surface area contributed by atoms with E-state index in [9.17, 15) is 0 Å². The molecule has 0 spiro atoms. The average molecular weight is 450 g/mol. The topological polar surface area (TPSA) is 55.2 Å². The molecule has 0 aliphatic carbocycles. The highest BCUT2D eigenvalue weighted by Gasteiger charge is 2.16. The molecule has 5 nitrogen and oxygen atoms in total. The SMILES string of the molecule is CCOc1ccc2c(c1)NC(c1ccc(OC)cc1)=NC(c1ccc(Br)cc1)=N2. The third-order valence-corrected chi connectivity index (χ3v) is 4.97. The van der Waals surface area contributed by atoms with Crippen LogP contribution in [0.5, 0.6) is 11.5 Å². The highest BCUT2D eigenvalue weighted by Crippen LogP contribution is 2.33.